The lowest BCUT2D eigenvalue weighted by Crippen LogP contribution is -2.01. The molecule has 0 bridgehead atoms. The minimum absolute atomic E-state index is 0. The minimum Gasteiger partial charge on any atom is -0.493 e. The number of oxazole rings is 2. The number of imidazole rings is 1. The van der Waals surface area contributed by atoms with Crippen LogP contribution in [0.5, 0.6) is 5.75 Å². The molecule has 0 unspecified atom stereocenters. The summed E-state index contributed by atoms with van der Waals surface area (Å²) in [5, 5.41) is 1.32. The fourth-order valence-electron chi connectivity index (χ4n) is 8.13. The molecule has 0 aliphatic carbocycles. The first kappa shape index (κ1) is 54.3. The van der Waals surface area contributed by atoms with Crippen LogP contribution in [0.2, 0.25) is 0 Å². The first-order valence-electron chi connectivity index (χ1n) is 23.9. The van der Waals surface area contributed by atoms with Gasteiger partial charge in [-0.2, -0.15) is 0 Å². The zero-order valence-electron chi connectivity index (χ0n) is 42.6. The van der Waals surface area contributed by atoms with E-state index in [1.54, 1.807) is 41.1 Å². The number of rotatable bonds is 1. The van der Waals surface area contributed by atoms with Crippen molar-refractivity contribution in [3.63, 3.8) is 0 Å². The van der Waals surface area contributed by atoms with Gasteiger partial charge in [0.1, 0.15) is 16.8 Å². The Morgan fingerprint density at radius 2 is 1.25 bits per heavy atom. The van der Waals surface area contributed by atoms with Crippen molar-refractivity contribution in [1.29, 1.82) is 0 Å². The van der Waals surface area contributed by atoms with Crippen molar-refractivity contribution < 1.29 is 23.1 Å². The quantitative estimate of drug-likeness (QED) is 0.152. The number of hydrogen-bond acceptors (Lipinski definition) is 12. The number of esters is 1. The maximum absolute atomic E-state index is 11.3. The highest BCUT2D eigenvalue weighted by molar-refractivity contribution is 7.17. The molecule has 7 heterocycles. The van der Waals surface area contributed by atoms with E-state index >= 15 is 0 Å². The number of carbonyl (C=O) groups excluding carboxylic acids is 1. The number of thiazole rings is 2. The number of fused-ring (bicyclic) bond motifs is 7. The summed E-state index contributed by atoms with van der Waals surface area (Å²) >= 11 is 3.39. The van der Waals surface area contributed by atoms with Gasteiger partial charge in [0.2, 0.25) is 0 Å². The van der Waals surface area contributed by atoms with E-state index in [-0.39, 0.29) is 13.4 Å². The van der Waals surface area contributed by atoms with Crippen LogP contribution in [0.3, 0.4) is 0 Å². The average molecular weight is 1040 g/mol. The van der Waals surface area contributed by atoms with Gasteiger partial charge in [-0.3, -0.25) is 0 Å². The summed E-state index contributed by atoms with van der Waals surface area (Å²) in [4.78, 5) is 38.0. The van der Waals surface area contributed by atoms with E-state index in [4.69, 9.17) is 13.6 Å². The molecule has 1 aliphatic rings. The molecule has 14 heteroatoms. The van der Waals surface area contributed by atoms with Crippen molar-refractivity contribution >= 4 is 93.2 Å². The molecular formula is C61H61N7O5S2. The number of aromatic nitrogens is 7. The summed E-state index contributed by atoms with van der Waals surface area (Å²) in [5.74, 6) is 0.750. The first-order chi connectivity index (χ1) is 36.0. The Kier molecular flexibility index (Phi) is 18.8. The van der Waals surface area contributed by atoms with Gasteiger partial charge in [0.25, 0.3) is 0 Å². The van der Waals surface area contributed by atoms with Gasteiger partial charge in [-0.25, -0.2) is 29.7 Å². The normalized spacial score (nSPS) is 10.9. The monoisotopic (exact) mass is 1040 g/mol. The third-order valence-corrected chi connectivity index (χ3v) is 13.8. The summed E-state index contributed by atoms with van der Waals surface area (Å²) in [6, 6.07) is 42.6. The number of ether oxygens (including phenoxy) is 2. The van der Waals surface area contributed by atoms with Gasteiger partial charge in [-0.1, -0.05) is 80.2 Å². The Morgan fingerprint density at radius 1 is 0.573 bits per heavy atom. The van der Waals surface area contributed by atoms with Crippen molar-refractivity contribution in [2.45, 2.75) is 62.3 Å². The van der Waals surface area contributed by atoms with Gasteiger partial charge in [0.05, 0.1) is 68.1 Å². The number of methoxy groups -OCH3 is 1. The second-order valence-corrected chi connectivity index (χ2v) is 19.2. The number of nitrogens with one attached hydrogen (secondary N) is 2. The van der Waals surface area contributed by atoms with Gasteiger partial charge >= 0.3 is 5.97 Å². The van der Waals surface area contributed by atoms with Gasteiger partial charge in [-0.15, -0.1) is 22.7 Å². The molecular weight excluding hydrogens is 975 g/mol. The molecule has 0 fully saturated rings. The zero-order valence-corrected chi connectivity index (χ0v) is 44.2. The molecule has 0 radical (unpaired) electrons. The molecule has 0 amide bonds. The molecule has 14 rings (SSSR count). The van der Waals surface area contributed by atoms with Crippen LogP contribution >= 0.6 is 22.7 Å². The third kappa shape index (κ3) is 13.8. The molecule has 0 saturated carbocycles. The predicted octanol–water partition coefficient (Wildman–Crippen LogP) is 16.2. The average Bonchev–Trinajstić information content (AvgIpc) is 4.27. The fraction of sp³-hybridized carbons (Fsp3) is 0.180. The number of aryl methyl sites for hydroxylation is 7. The Bertz CT molecular complexity index is 3630. The molecule has 75 heavy (non-hydrogen) atoms. The minimum atomic E-state index is -0.363. The maximum Gasteiger partial charge on any atom is 0.337 e. The molecule has 0 atom stereocenters. The van der Waals surface area contributed by atoms with Crippen LogP contribution in [0.4, 0.5) is 0 Å². The molecule has 6 aromatic heterocycles. The topological polar surface area (TPSA) is 158 Å². The number of aromatic amines is 2. The van der Waals surface area contributed by atoms with E-state index in [2.05, 4.69) is 153 Å². The summed E-state index contributed by atoms with van der Waals surface area (Å²) in [7, 11) is 1.35. The third-order valence-electron chi connectivity index (χ3n) is 12.0. The van der Waals surface area contributed by atoms with E-state index in [0.717, 1.165) is 63.1 Å². The van der Waals surface area contributed by atoms with Gasteiger partial charge in [0.15, 0.2) is 24.0 Å². The number of hydrogen-bond donors (Lipinski definition) is 2. The molecule has 0 spiro atoms. The van der Waals surface area contributed by atoms with Crippen molar-refractivity contribution in [3.8, 4) is 5.75 Å². The largest absolute Gasteiger partial charge is 0.493 e. The van der Waals surface area contributed by atoms with Crippen molar-refractivity contribution in [3.05, 3.63) is 214 Å². The summed E-state index contributed by atoms with van der Waals surface area (Å²) in [5.41, 5.74) is 22.9. The van der Waals surface area contributed by atoms with E-state index in [1.807, 2.05) is 67.5 Å². The fourth-order valence-corrected chi connectivity index (χ4v) is 9.65. The van der Waals surface area contributed by atoms with E-state index in [0.29, 0.717) is 16.7 Å². The van der Waals surface area contributed by atoms with Crippen LogP contribution in [-0.2, 0) is 11.2 Å². The number of carbonyl (C=O) groups is 1. The van der Waals surface area contributed by atoms with Crippen LogP contribution in [0, 0.1) is 48.5 Å². The van der Waals surface area contributed by atoms with Crippen molar-refractivity contribution in [1.82, 2.24) is 34.9 Å². The SMILES string of the molecule is C.COC(=O)c1cc(C)c2ocnc2c1.Cc1ccc2nc[nH]c2c1.Cc1cccc2[nH]ccc12.Cc1cccc2c1OCC2.Cc1cccc2ncoc12.Cc1cccc2ncsc12.Cc1cccc2scnc12. The van der Waals surface area contributed by atoms with Gasteiger partial charge in [0, 0.05) is 23.5 Å². The summed E-state index contributed by atoms with van der Waals surface area (Å²) < 4.78 is 22.9. The molecule has 0 saturated heterocycles. The Balaban J connectivity index is 0.000000128. The number of para-hydroxylation sites is 3. The van der Waals surface area contributed by atoms with Crippen molar-refractivity contribution in [2.24, 2.45) is 0 Å². The van der Waals surface area contributed by atoms with Crippen molar-refractivity contribution in [2.75, 3.05) is 13.7 Å². The highest BCUT2D eigenvalue weighted by atomic mass is 32.1. The van der Waals surface area contributed by atoms with Gasteiger partial charge < -0.3 is 28.3 Å². The van der Waals surface area contributed by atoms with E-state index in [1.165, 1.54) is 73.6 Å². The number of nitrogens with zero attached hydrogens (tertiary/aromatic N) is 5. The Hall–Kier alpha value is -8.46. The van der Waals surface area contributed by atoms with E-state index < -0.39 is 0 Å². The highest BCUT2D eigenvalue weighted by Crippen LogP contribution is 2.28. The summed E-state index contributed by atoms with van der Waals surface area (Å²) in [6.45, 7) is 15.2. The summed E-state index contributed by atoms with van der Waals surface area (Å²) in [6.07, 6.45) is 7.59. The predicted molar refractivity (Wildman–Crippen MR) is 309 cm³/mol. The molecule has 7 aromatic carbocycles. The number of H-pyrrole nitrogens is 2. The van der Waals surface area contributed by atoms with Crippen LogP contribution in [0.25, 0.3) is 64.6 Å². The smallest absolute Gasteiger partial charge is 0.337 e. The van der Waals surface area contributed by atoms with Crippen LogP contribution in [0.15, 0.2) is 173 Å². The molecule has 382 valence electrons. The van der Waals surface area contributed by atoms with Crippen LogP contribution in [0.1, 0.15) is 62.3 Å². The Morgan fingerprint density at radius 3 is 2.00 bits per heavy atom. The molecule has 2 N–H and O–H groups in total. The first-order valence-corrected chi connectivity index (χ1v) is 25.7. The second-order valence-electron chi connectivity index (χ2n) is 17.4. The molecule has 1 aliphatic heterocycles. The van der Waals surface area contributed by atoms with Gasteiger partial charge in [-0.05, 0) is 148 Å². The lowest BCUT2D eigenvalue weighted by Gasteiger charge is -2.00. The highest BCUT2D eigenvalue weighted by Gasteiger charge is 2.13. The standard InChI is InChI=1S/C10H9NO3.C9H9N.C9H10O.C8H8N2.C8H7NO.2C8H7NS.CH4/c1-6-3-7(10(12)13-2)4-8-9(6)14-5-11-8;1-7-3-2-4-9-8(7)5-6-10-9;1-7-3-2-4-8-5-6-10-9(7)8;1-6-2-3-7-8(4-6)10-5-9-7;1-6-3-2-4-7-8(6)10-5-9-7;1-6-3-2-4-7-8(6)9-5-10-7;1-6-3-2-4-7-8(6)10-5-9-7;/h3-5H,1-2H3;2-6,10H,1H3;2-4H,5-6H2,1H3;2-5H,1H3,(H,9,10);3*2-5H,1H3;1H4. The lowest BCUT2D eigenvalue weighted by molar-refractivity contribution is 0.0600. The zero-order chi connectivity index (χ0) is 52.0. The van der Waals surface area contributed by atoms with E-state index in [9.17, 15) is 4.79 Å². The molecule has 13 aromatic rings. The molecule has 12 nitrogen and oxygen atoms in total. The van der Waals surface area contributed by atoms with Crippen LogP contribution < -0.4 is 4.74 Å². The van der Waals surface area contributed by atoms with Crippen LogP contribution in [-0.4, -0.2) is 54.6 Å². The maximum atomic E-state index is 11.3. The number of benzene rings is 7. The second kappa shape index (κ2) is 26.0. The lowest BCUT2D eigenvalue weighted by atomic mass is 10.1. The Labute approximate surface area is 444 Å².